The molecule has 4 nitrogen and oxygen atoms in total. The minimum atomic E-state index is -4.71. The van der Waals surface area contributed by atoms with Gasteiger partial charge in [0.1, 0.15) is 5.75 Å². The van der Waals surface area contributed by atoms with E-state index in [-0.39, 0.29) is 12.3 Å². The van der Waals surface area contributed by atoms with E-state index >= 15 is 0 Å². The summed E-state index contributed by atoms with van der Waals surface area (Å²) in [5, 5.41) is 9.90. The normalized spacial score (nSPS) is 13.3. The van der Waals surface area contributed by atoms with Gasteiger partial charge in [0.15, 0.2) is 0 Å². The molecular weight excluding hydrogens is 261 g/mol. The van der Waals surface area contributed by atoms with Crippen LogP contribution in [-0.4, -0.2) is 21.0 Å². The molecule has 0 fully saturated rings. The van der Waals surface area contributed by atoms with Crippen molar-refractivity contribution in [2.75, 3.05) is 0 Å². The zero-order valence-corrected chi connectivity index (χ0v) is 9.71. The molecular formula is C12H11F3N2O2. The first kappa shape index (κ1) is 13.4. The number of hydrogen-bond acceptors (Lipinski definition) is 3. The number of imidazole rings is 1. The molecule has 7 heteroatoms. The first-order chi connectivity index (χ1) is 8.94. The lowest BCUT2D eigenvalue weighted by atomic mass is 10.1. The molecule has 0 saturated carbocycles. The molecule has 0 bridgehead atoms. The number of hydrogen-bond donors (Lipinski definition) is 1. The molecule has 0 aliphatic rings. The lowest BCUT2D eigenvalue weighted by Gasteiger charge is -2.13. The van der Waals surface area contributed by atoms with Gasteiger partial charge in [-0.1, -0.05) is 12.1 Å². The predicted octanol–water partition coefficient (Wildman–Crippen LogP) is 2.52. The highest BCUT2D eigenvalue weighted by molar-refractivity contribution is 5.28. The van der Waals surface area contributed by atoms with Gasteiger partial charge in [-0.05, 0) is 17.7 Å². The van der Waals surface area contributed by atoms with Crippen LogP contribution in [0.3, 0.4) is 0 Å². The largest absolute Gasteiger partial charge is 0.573 e. The number of halogens is 3. The van der Waals surface area contributed by atoms with Gasteiger partial charge in [-0.2, -0.15) is 0 Å². The Labute approximate surface area is 107 Å². The summed E-state index contributed by atoms with van der Waals surface area (Å²) in [4.78, 5) is 3.83. The van der Waals surface area contributed by atoms with E-state index in [4.69, 9.17) is 0 Å². The maximum absolute atomic E-state index is 12.0. The summed E-state index contributed by atoms with van der Waals surface area (Å²) in [6.07, 6.45) is -0.729. The van der Waals surface area contributed by atoms with Gasteiger partial charge in [-0.25, -0.2) is 4.98 Å². The van der Waals surface area contributed by atoms with Crippen LogP contribution >= 0.6 is 0 Å². The Morgan fingerprint density at radius 3 is 2.47 bits per heavy atom. The van der Waals surface area contributed by atoms with E-state index in [1.807, 2.05) is 0 Å². The standard InChI is InChI=1S/C12H11F3N2O2/c13-12(14,15)19-10-3-1-9(2-4-10)11(18)7-17-6-5-16-8-17/h1-6,8,11,18H,7H2. The third-order valence-electron chi connectivity index (χ3n) is 2.44. The fraction of sp³-hybridized carbons (Fsp3) is 0.250. The van der Waals surface area contributed by atoms with Gasteiger partial charge in [-0.15, -0.1) is 13.2 Å². The lowest BCUT2D eigenvalue weighted by Crippen LogP contribution is -2.17. The van der Waals surface area contributed by atoms with E-state index in [0.717, 1.165) is 0 Å². The topological polar surface area (TPSA) is 47.3 Å². The Balaban J connectivity index is 2.01. The van der Waals surface area contributed by atoms with Crippen molar-refractivity contribution in [1.29, 1.82) is 0 Å². The van der Waals surface area contributed by atoms with Crippen LogP contribution in [0, 0.1) is 0 Å². The zero-order chi connectivity index (χ0) is 13.9. The van der Waals surface area contributed by atoms with E-state index in [9.17, 15) is 18.3 Å². The highest BCUT2D eigenvalue weighted by atomic mass is 19.4. The number of nitrogens with zero attached hydrogens (tertiary/aromatic N) is 2. The van der Waals surface area contributed by atoms with E-state index in [0.29, 0.717) is 5.56 Å². The fourth-order valence-electron chi connectivity index (χ4n) is 1.59. The molecule has 0 aliphatic carbocycles. The summed E-state index contributed by atoms with van der Waals surface area (Å²) >= 11 is 0. The number of aliphatic hydroxyl groups excluding tert-OH is 1. The molecule has 2 rings (SSSR count). The highest BCUT2D eigenvalue weighted by Gasteiger charge is 2.31. The molecule has 1 aromatic carbocycles. The second-order valence-corrected chi connectivity index (χ2v) is 3.89. The summed E-state index contributed by atoms with van der Waals surface area (Å²) in [5.41, 5.74) is 0.503. The molecule has 1 aromatic heterocycles. The van der Waals surface area contributed by atoms with Gasteiger partial charge in [0, 0.05) is 12.4 Å². The van der Waals surface area contributed by atoms with Crippen LogP contribution in [0.25, 0.3) is 0 Å². The average molecular weight is 272 g/mol. The maximum Gasteiger partial charge on any atom is 0.573 e. The molecule has 1 atom stereocenters. The molecule has 1 unspecified atom stereocenters. The summed E-state index contributed by atoms with van der Waals surface area (Å²) in [7, 11) is 0. The quantitative estimate of drug-likeness (QED) is 0.930. The van der Waals surface area contributed by atoms with Crippen molar-refractivity contribution in [2.45, 2.75) is 19.0 Å². The molecule has 19 heavy (non-hydrogen) atoms. The first-order valence-electron chi connectivity index (χ1n) is 5.43. The molecule has 0 saturated heterocycles. The smallest absolute Gasteiger partial charge is 0.406 e. The summed E-state index contributed by atoms with van der Waals surface area (Å²) in [5.74, 6) is -0.314. The summed E-state index contributed by atoms with van der Waals surface area (Å²) in [6.45, 7) is 0.277. The molecule has 2 aromatic rings. The van der Waals surface area contributed by atoms with Crippen LogP contribution in [0.2, 0.25) is 0 Å². The van der Waals surface area contributed by atoms with Gasteiger partial charge in [0.2, 0.25) is 0 Å². The van der Waals surface area contributed by atoms with Crippen molar-refractivity contribution in [3.8, 4) is 5.75 Å². The number of aliphatic hydroxyl groups is 1. The van der Waals surface area contributed by atoms with Crippen molar-refractivity contribution >= 4 is 0 Å². The molecule has 102 valence electrons. The molecule has 0 spiro atoms. The zero-order valence-electron chi connectivity index (χ0n) is 9.71. The Bertz CT molecular complexity index is 509. The maximum atomic E-state index is 12.0. The third-order valence-corrected chi connectivity index (χ3v) is 2.44. The summed E-state index contributed by atoms with van der Waals surface area (Å²) < 4.78 is 41.3. The van der Waals surface area contributed by atoms with Gasteiger partial charge < -0.3 is 14.4 Å². The summed E-state index contributed by atoms with van der Waals surface area (Å²) in [6, 6.07) is 5.12. The average Bonchev–Trinajstić information content (AvgIpc) is 2.80. The van der Waals surface area contributed by atoms with E-state index in [1.54, 1.807) is 23.3 Å². The SMILES string of the molecule is OC(Cn1ccnc1)c1ccc(OC(F)(F)F)cc1. The molecule has 0 radical (unpaired) electrons. The Hall–Kier alpha value is -2.02. The second-order valence-electron chi connectivity index (χ2n) is 3.89. The van der Waals surface area contributed by atoms with Crippen LogP contribution in [0.1, 0.15) is 11.7 Å². The van der Waals surface area contributed by atoms with Crippen LogP contribution in [0.15, 0.2) is 43.0 Å². The van der Waals surface area contributed by atoms with Crippen LogP contribution in [0.4, 0.5) is 13.2 Å². The van der Waals surface area contributed by atoms with Gasteiger partial charge in [-0.3, -0.25) is 0 Å². The lowest BCUT2D eigenvalue weighted by molar-refractivity contribution is -0.274. The molecule has 1 N–H and O–H groups in total. The van der Waals surface area contributed by atoms with Crippen LogP contribution < -0.4 is 4.74 Å². The van der Waals surface area contributed by atoms with E-state index < -0.39 is 12.5 Å². The number of aromatic nitrogens is 2. The number of benzene rings is 1. The third kappa shape index (κ3) is 3.99. The minimum absolute atomic E-state index is 0.277. The number of alkyl halides is 3. The Morgan fingerprint density at radius 1 is 1.26 bits per heavy atom. The minimum Gasteiger partial charge on any atom is -0.406 e. The van der Waals surface area contributed by atoms with E-state index in [1.165, 1.54) is 24.3 Å². The number of ether oxygens (including phenoxy) is 1. The highest BCUT2D eigenvalue weighted by Crippen LogP contribution is 2.24. The predicted molar refractivity (Wildman–Crippen MR) is 60.3 cm³/mol. The van der Waals surface area contributed by atoms with E-state index in [2.05, 4.69) is 9.72 Å². The first-order valence-corrected chi connectivity index (χ1v) is 5.43. The van der Waals surface area contributed by atoms with Crippen molar-refractivity contribution in [3.05, 3.63) is 48.5 Å². The molecule has 1 heterocycles. The van der Waals surface area contributed by atoms with Crippen molar-refractivity contribution in [3.63, 3.8) is 0 Å². The van der Waals surface area contributed by atoms with Gasteiger partial charge in [0.25, 0.3) is 0 Å². The van der Waals surface area contributed by atoms with Crippen molar-refractivity contribution in [2.24, 2.45) is 0 Å². The Kier molecular flexibility index (Phi) is 3.75. The molecule has 0 aliphatic heterocycles. The monoisotopic (exact) mass is 272 g/mol. The Morgan fingerprint density at radius 2 is 1.95 bits per heavy atom. The van der Waals surface area contributed by atoms with Gasteiger partial charge in [0.05, 0.1) is 19.0 Å². The number of rotatable bonds is 4. The van der Waals surface area contributed by atoms with Crippen LogP contribution in [-0.2, 0) is 6.54 Å². The second kappa shape index (κ2) is 5.31. The van der Waals surface area contributed by atoms with Crippen molar-refractivity contribution < 1.29 is 23.0 Å². The fourth-order valence-corrected chi connectivity index (χ4v) is 1.59. The molecule has 0 amide bonds. The van der Waals surface area contributed by atoms with Crippen molar-refractivity contribution in [1.82, 2.24) is 9.55 Å². The van der Waals surface area contributed by atoms with Gasteiger partial charge >= 0.3 is 6.36 Å². The van der Waals surface area contributed by atoms with Crippen LogP contribution in [0.5, 0.6) is 5.75 Å².